The summed E-state index contributed by atoms with van der Waals surface area (Å²) in [5.74, 6) is 0. The van der Waals surface area contributed by atoms with Crippen LogP contribution in [0.4, 0.5) is 0 Å². The summed E-state index contributed by atoms with van der Waals surface area (Å²) in [5.41, 5.74) is 4.72. The Morgan fingerprint density at radius 1 is 1.35 bits per heavy atom. The predicted octanol–water partition coefficient (Wildman–Crippen LogP) is 2.25. The Hall–Kier alpha value is -1.75. The molecule has 2 atom stereocenters. The molecule has 0 saturated heterocycles. The molecule has 0 aliphatic heterocycles. The van der Waals surface area contributed by atoms with Gasteiger partial charge < -0.3 is 5.32 Å². The van der Waals surface area contributed by atoms with Crippen LogP contribution >= 0.6 is 0 Å². The Kier molecular flexibility index (Phi) is 3.53. The first-order valence-electron chi connectivity index (χ1n) is 7.21. The van der Waals surface area contributed by atoms with Crippen molar-refractivity contribution in [3.8, 4) is 0 Å². The van der Waals surface area contributed by atoms with Crippen molar-refractivity contribution in [1.82, 2.24) is 25.1 Å². The van der Waals surface area contributed by atoms with Gasteiger partial charge in [-0.25, -0.2) is 0 Å². The first-order chi connectivity index (χ1) is 9.66. The molecule has 0 fully saturated rings. The summed E-state index contributed by atoms with van der Waals surface area (Å²) in [6.07, 6.45) is 8.99. The van der Waals surface area contributed by atoms with E-state index in [-0.39, 0.29) is 6.04 Å². The van der Waals surface area contributed by atoms with Crippen LogP contribution in [0.5, 0.6) is 0 Å². The topological polar surface area (TPSA) is 55.6 Å². The summed E-state index contributed by atoms with van der Waals surface area (Å²) < 4.78 is 2.00. The van der Waals surface area contributed by atoms with E-state index in [4.69, 9.17) is 0 Å². The summed E-state index contributed by atoms with van der Waals surface area (Å²) in [6, 6.07) is 0.559. The van der Waals surface area contributed by atoms with Crippen molar-refractivity contribution in [1.29, 1.82) is 0 Å². The number of hydrogen-bond donors (Lipinski definition) is 1. The van der Waals surface area contributed by atoms with Gasteiger partial charge in [0.25, 0.3) is 0 Å². The lowest BCUT2D eigenvalue weighted by Crippen LogP contribution is -2.28. The van der Waals surface area contributed by atoms with E-state index in [2.05, 4.69) is 27.3 Å². The minimum atomic E-state index is 0.194. The molecule has 2 heterocycles. The quantitative estimate of drug-likeness (QED) is 0.930. The Balaban J connectivity index is 1.81. The monoisotopic (exact) mass is 271 g/mol. The van der Waals surface area contributed by atoms with Gasteiger partial charge in [0, 0.05) is 42.8 Å². The maximum absolute atomic E-state index is 4.46. The lowest BCUT2D eigenvalue weighted by atomic mass is 9.92. The molecule has 1 aliphatic rings. The lowest BCUT2D eigenvalue weighted by molar-refractivity contribution is 0.405. The second-order valence-corrected chi connectivity index (χ2v) is 5.53. The van der Waals surface area contributed by atoms with Crippen LogP contribution < -0.4 is 5.32 Å². The van der Waals surface area contributed by atoms with Crippen LogP contribution in [0.2, 0.25) is 0 Å². The number of fused-ring (bicyclic) bond motifs is 1. The average Bonchev–Trinajstić information content (AvgIpc) is 2.82. The number of aromatic nitrogens is 4. The van der Waals surface area contributed by atoms with Crippen molar-refractivity contribution >= 4 is 0 Å². The first-order valence-corrected chi connectivity index (χ1v) is 7.21. The number of hydrogen-bond acceptors (Lipinski definition) is 4. The second kappa shape index (κ2) is 5.32. The maximum atomic E-state index is 4.46. The van der Waals surface area contributed by atoms with E-state index >= 15 is 0 Å². The van der Waals surface area contributed by atoms with E-state index in [9.17, 15) is 0 Å². The molecule has 0 spiro atoms. The number of aryl methyl sites for hydroxylation is 2. The summed E-state index contributed by atoms with van der Waals surface area (Å²) >= 11 is 0. The van der Waals surface area contributed by atoms with Gasteiger partial charge in [0.05, 0.1) is 17.6 Å². The molecule has 0 bridgehead atoms. The van der Waals surface area contributed by atoms with Crippen LogP contribution in [0.15, 0.2) is 18.6 Å². The van der Waals surface area contributed by atoms with Gasteiger partial charge >= 0.3 is 0 Å². The Bertz CT molecular complexity index is 604. The van der Waals surface area contributed by atoms with Crippen molar-refractivity contribution in [3.05, 3.63) is 41.2 Å². The van der Waals surface area contributed by atoms with Crippen molar-refractivity contribution < 1.29 is 0 Å². The third-order valence-corrected chi connectivity index (χ3v) is 4.16. The molecule has 1 aliphatic carbocycles. The van der Waals surface area contributed by atoms with Gasteiger partial charge in [-0.05, 0) is 33.1 Å². The number of nitrogens with one attached hydrogen (secondary N) is 1. The van der Waals surface area contributed by atoms with Gasteiger partial charge in [0.1, 0.15) is 0 Å². The highest BCUT2D eigenvalue weighted by Crippen LogP contribution is 2.31. The van der Waals surface area contributed by atoms with E-state index in [1.165, 1.54) is 17.7 Å². The zero-order valence-corrected chi connectivity index (χ0v) is 12.3. The first kappa shape index (κ1) is 13.2. The SMILES string of the molecule is Cc1nccnc1C(C)NC1CCCc2c1cnn2C. The Morgan fingerprint density at radius 3 is 2.95 bits per heavy atom. The highest BCUT2D eigenvalue weighted by atomic mass is 15.3. The summed E-state index contributed by atoms with van der Waals surface area (Å²) in [5, 5.41) is 8.08. The normalized spacial score (nSPS) is 19.6. The van der Waals surface area contributed by atoms with Crippen molar-refractivity contribution in [3.63, 3.8) is 0 Å². The highest BCUT2D eigenvalue weighted by Gasteiger charge is 2.25. The molecule has 1 N–H and O–H groups in total. The standard InChI is InChI=1S/C15H21N5/c1-10-15(17-8-7-16-10)11(2)19-13-5-4-6-14-12(13)9-18-20(14)3/h7-9,11,13,19H,4-6H2,1-3H3. The smallest absolute Gasteiger partial charge is 0.0782 e. The fourth-order valence-corrected chi connectivity index (χ4v) is 3.10. The molecule has 0 radical (unpaired) electrons. The van der Waals surface area contributed by atoms with Crippen LogP contribution in [-0.2, 0) is 13.5 Å². The van der Waals surface area contributed by atoms with Gasteiger partial charge in [-0.2, -0.15) is 5.10 Å². The maximum Gasteiger partial charge on any atom is 0.0782 e. The van der Waals surface area contributed by atoms with E-state index in [1.54, 1.807) is 12.4 Å². The lowest BCUT2D eigenvalue weighted by Gasteiger charge is -2.27. The number of nitrogens with zero attached hydrogens (tertiary/aromatic N) is 4. The van der Waals surface area contributed by atoms with Gasteiger partial charge in [0.2, 0.25) is 0 Å². The van der Waals surface area contributed by atoms with Crippen molar-refractivity contribution in [2.45, 2.75) is 45.2 Å². The molecule has 20 heavy (non-hydrogen) atoms. The fourth-order valence-electron chi connectivity index (χ4n) is 3.10. The van der Waals surface area contributed by atoms with Crippen molar-refractivity contribution in [2.24, 2.45) is 7.05 Å². The summed E-state index contributed by atoms with van der Waals surface area (Å²) in [4.78, 5) is 8.78. The summed E-state index contributed by atoms with van der Waals surface area (Å²) in [7, 11) is 2.03. The molecule has 2 aromatic rings. The highest BCUT2D eigenvalue weighted by molar-refractivity contribution is 5.25. The van der Waals surface area contributed by atoms with E-state index in [0.717, 1.165) is 24.2 Å². The molecule has 5 nitrogen and oxygen atoms in total. The average molecular weight is 271 g/mol. The Morgan fingerprint density at radius 2 is 2.15 bits per heavy atom. The van der Waals surface area contributed by atoms with E-state index < -0.39 is 0 Å². The molecule has 106 valence electrons. The third-order valence-electron chi connectivity index (χ3n) is 4.16. The molecule has 3 rings (SSSR count). The second-order valence-electron chi connectivity index (χ2n) is 5.53. The van der Waals surface area contributed by atoms with Crippen LogP contribution in [0.25, 0.3) is 0 Å². The minimum absolute atomic E-state index is 0.194. The molecule has 0 saturated carbocycles. The zero-order valence-electron chi connectivity index (χ0n) is 12.3. The van der Waals surface area contributed by atoms with Gasteiger partial charge in [0.15, 0.2) is 0 Å². The van der Waals surface area contributed by atoms with E-state index in [0.29, 0.717) is 6.04 Å². The number of rotatable bonds is 3. The fraction of sp³-hybridized carbons (Fsp3) is 0.533. The largest absolute Gasteiger partial charge is 0.302 e. The molecule has 2 unspecified atom stereocenters. The van der Waals surface area contributed by atoms with Gasteiger partial charge in [-0.1, -0.05) is 0 Å². The van der Waals surface area contributed by atoms with Gasteiger partial charge in [-0.15, -0.1) is 0 Å². The third kappa shape index (κ3) is 2.33. The molecular weight excluding hydrogens is 250 g/mol. The van der Waals surface area contributed by atoms with Crippen molar-refractivity contribution in [2.75, 3.05) is 0 Å². The zero-order chi connectivity index (χ0) is 14.1. The molecule has 5 heteroatoms. The molecule has 0 amide bonds. The Labute approximate surface area is 119 Å². The molecule has 2 aromatic heterocycles. The summed E-state index contributed by atoms with van der Waals surface area (Å²) in [6.45, 7) is 4.17. The molecule has 0 aromatic carbocycles. The van der Waals surface area contributed by atoms with Crippen LogP contribution in [0.3, 0.4) is 0 Å². The van der Waals surface area contributed by atoms with Crippen LogP contribution in [-0.4, -0.2) is 19.7 Å². The predicted molar refractivity (Wildman–Crippen MR) is 77.2 cm³/mol. The van der Waals surface area contributed by atoms with E-state index in [1.807, 2.05) is 24.9 Å². The van der Waals surface area contributed by atoms with Gasteiger partial charge in [-0.3, -0.25) is 14.6 Å². The van der Waals surface area contributed by atoms with Crippen LogP contribution in [0.1, 0.15) is 54.5 Å². The molecular formula is C15H21N5. The minimum Gasteiger partial charge on any atom is -0.302 e. The van der Waals surface area contributed by atoms with Crippen LogP contribution in [0, 0.1) is 6.92 Å².